The summed E-state index contributed by atoms with van der Waals surface area (Å²) in [6.07, 6.45) is 0.0285. The van der Waals surface area contributed by atoms with Crippen molar-refractivity contribution in [1.82, 2.24) is 20.4 Å². The molecular formula is C41H48N4O6. The molecule has 3 atom stereocenters. The molecule has 10 nitrogen and oxygen atoms in total. The predicted octanol–water partition coefficient (Wildman–Crippen LogP) is 5.57. The summed E-state index contributed by atoms with van der Waals surface area (Å²) in [6.45, 7) is 7.92. The van der Waals surface area contributed by atoms with Crippen molar-refractivity contribution < 1.29 is 28.9 Å². The molecule has 2 amide bonds. The van der Waals surface area contributed by atoms with Crippen LogP contribution in [0.25, 0.3) is 11.1 Å². The number of carbonyl (C=O) groups is 2. The minimum absolute atomic E-state index is 0.00460. The lowest BCUT2D eigenvalue weighted by molar-refractivity contribution is -0.253. The second kappa shape index (κ2) is 18.1. The van der Waals surface area contributed by atoms with Gasteiger partial charge in [0.2, 0.25) is 0 Å². The van der Waals surface area contributed by atoms with Crippen molar-refractivity contribution in [2.45, 2.75) is 51.5 Å². The molecule has 0 spiro atoms. The molecule has 2 aliphatic heterocycles. The van der Waals surface area contributed by atoms with Crippen LogP contribution < -0.4 is 10.6 Å². The van der Waals surface area contributed by atoms with Crippen LogP contribution in [0.1, 0.15) is 53.6 Å². The zero-order chi connectivity index (χ0) is 35.4. The van der Waals surface area contributed by atoms with Crippen molar-refractivity contribution in [3.05, 3.63) is 131 Å². The number of benzene rings is 4. The lowest BCUT2D eigenvalue weighted by Gasteiger charge is -2.40. The van der Waals surface area contributed by atoms with Crippen LogP contribution in [0.3, 0.4) is 0 Å². The van der Waals surface area contributed by atoms with Crippen molar-refractivity contribution in [1.29, 1.82) is 0 Å². The Balaban J connectivity index is 1.11. The molecule has 51 heavy (non-hydrogen) atoms. The van der Waals surface area contributed by atoms with E-state index in [1.807, 2.05) is 60.7 Å². The molecule has 2 aliphatic rings. The summed E-state index contributed by atoms with van der Waals surface area (Å²) in [5, 5.41) is 15.0. The van der Waals surface area contributed by atoms with E-state index in [1.165, 1.54) is 5.56 Å². The number of hydrogen-bond donors (Lipinski definition) is 3. The van der Waals surface area contributed by atoms with Gasteiger partial charge in [0, 0.05) is 57.8 Å². The monoisotopic (exact) mass is 692 g/mol. The second-order valence-corrected chi connectivity index (χ2v) is 13.0. The standard InChI is InChI=1S/C41H48N4O6/c1-2-49-39(47)26-43-41(48)42-25-35-10-6-7-11-37(35)32-16-18-34(19-17-32)40-50-36(24-38(51-40)33-14-12-31(29-46)13-15-33)28-45-22-20-44(21-23-45)27-30-8-4-3-5-9-30/h3-19,36,38,40,46H,2,20-29H2,1H3,(H2,42,43,48)/t36-,38+,40+/m0/s1. The Hall–Kier alpha value is -4.58. The molecular weight excluding hydrogens is 644 g/mol. The molecule has 4 aromatic rings. The van der Waals surface area contributed by atoms with E-state index in [1.54, 1.807) is 6.92 Å². The molecule has 4 aromatic carbocycles. The number of aliphatic hydroxyl groups is 1. The predicted molar refractivity (Wildman–Crippen MR) is 195 cm³/mol. The third kappa shape index (κ3) is 10.2. The van der Waals surface area contributed by atoms with E-state index in [2.05, 4.69) is 62.9 Å². The Morgan fingerprint density at radius 2 is 1.47 bits per heavy atom. The van der Waals surface area contributed by atoms with E-state index < -0.39 is 18.3 Å². The maximum Gasteiger partial charge on any atom is 0.325 e. The van der Waals surface area contributed by atoms with Gasteiger partial charge in [0.05, 0.1) is 25.4 Å². The Bertz CT molecular complexity index is 1690. The number of ether oxygens (including phenoxy) is 3. The maximum atomic E-state index is 12.3. The van der Waals surface area contributed by atoms with Gasteiger partial charge in [-0.05, 0) is 40.3 Å². The SMILES string of the molecule is CCOC(=O)CNC(=O)NCc1ccccc1-c1ccc([C@@H]2O[C@H](CN3CCN(Cc4ccccc4)CC3)C[C@H](c3ccc(CO)cc3)O2)cc1. The molecule has 2 heterocycles. The van der Waals surface area contributed by atoms with Gasteiger partial charge in [-0.2, -0.15) is 0 Å². The first kappa shape index (κ1) is 36.2. The van der Waals surface area contributed by atoms with Crippen molar-refractivity contribution in [2.75, 3.05) is 45.9 Å². The molecule has 0 aliphatic carbocycles. The van der Waals surface area contributed by atoms with Crippen LogP contribution >= 0.6 is 0 Å². The Labute approximate surface area is 300 Å². The van der Waals surface area contributed by atoms with Gasteiger partial charge in [0.25, 0.3) is 0 Å². The molecule has 0 bridgehead atoms. The van der Waals surface area contributed by atoms with E-state index in [0.29, 0.717) is 6.54 Å². The molecule has 2 saturated heterocycles. The minimum atomic E-state index is -0.542. The van der Waals surface area contributed by atoms with Gasteiger partial charge in [0.15, 0.2) is 6.29 Å². The van der Waals surface area contributed by atoms with E-state index in [-0.39, 0.29) is 32.0 Å². The van der Waals surface area contributed by atoms with Crippen molar-refractivity contribution in [3.63, 3.8) is 0 Å². The van der Waals surface area contributed by atoms with Gasteiger partial charge in [-0.15, -0.1) is 0 Å². The van der Waals surface area contributed by atoms with Crippen molar-refractivity contribution in [2.24, 2.45) is 0 Å². The van der Waals surface area contributed by atoms with Gasteiger partial charge in [0.1, 0.15) is 6.54 Å². The normalized spacial score (nSPS) is 19.7. The highest BCUT2D eigenvalue weighted by Gasteiger charge is 2.34. The number of hydrogen-bond acceptors (Lipinski definition) is 8. The van der Waals surface area contributed by atoms with E-state index in [4.69, 9.17) is 14.2 Å². The van der Waals surface area contributed by atoms with Gasteiger partial charge in [-0.1, -0.05) is 103 Å². The summed E-state index contributed by atoms with van der Waals surface area (Å²) in [6, 6.07) is 34.3. The number of nitrogens with one attached hydrogen (secondary N) is 2. The number of amides is 2. The third-order valence-electron chi connectivity index (χ3n) is 9.44. The number of carbonyl (C=O) groups excluding carboxylic acids is 2. The smallest absolute Gasteiger partial charge is 0.325 e. The van der Waals surface area contributed by atoms with Crippen LogP contribution in [0.15, 0.2) is 103 Å². The lowest BCUT2D eigenvalue weighted by atomic mass is 9.97. The first-order valence-electron chi connectivity index (χ1n) is 17.8. The van der Waals surface area contributed by atoms with Crippen LogP contribution in [0.5, 0.6) is 0 Å². The van der Waals surface area contributed by atoms with Gasteiger partial charge < -0.3 is 30.0 Å². The summed E-state index contributed by atoms with van der Waals surface area (Å²) in [7, 11) is 0. The van der Waals surface area contributed by atoms with Crippen molar-refractivity contribution >= 4 is 12.0 Å². The van der Waals surface area contributed by atoms with E-state index in [9.17, 15) is 14.7 Å². The average molecular weight is 693 g/mol. The number of esters is 1. The first-order chi connectivity index (χ1) is 25.0. The number of piperazine rings is 1. The molecule has 6 rings (SSSR count). The largest absolute Gasteiger partial charge is 0.465 e. The van der Waals surface area contributed by atoms with Crippen LogP contribution in [-0.4, -0.2) is 78.9 Å². The first-order valence-corrected chi connectivity index (χ1v) is 17.8. The van der Waals surface area contributed by atoms with Crippen molar-refractivity contribution in [3.8, 4) is 11.1 Å². The molecule has 268 valence electrons. The average Bonchev–Trinajstić information content (AvgIpc) is 3.17. The topological polar surface area (TPSA) is 113 Å². The molecule has 2 fully saturated rings. The molecule has 10 heteroatoms. The van der Waals surface area contributed by atoms with E-state index >= 15 is 0 Å². The van der Waals surface area contributed by atoms with E-state index in [0.717, 1.165) is 79.1 Å². The molecule has 0 saturated carbocycles. The summed E-state index contributed by atoms with van der Waals surface area (Å²) in [5.74, 6) is -0.478. The fourth-order valence-corrected chi connectivity index (χ4v) is 6.67. The Morgan fingerprint density at radius 1 is 0.784 bits per heavy atom. The van der Waals surface area contributed by atoms with Gasteiger partial charge >= 0.3 is 12.0 Å². The highest BCUT2D eigenvalue weighted by molar-refractivity contribution is 5.81. The Morgan fingerprint density at radius 3 is 2.20 bits per heavy atom. The quantitative estimate of drug-likeness (QED) is 0.156. The van der Waals surface area contributed by atoms with Gasteiger partial charge in [-0.25, -0.2) is 4.79 Å². The third-order valence-corrected chi connectivity index (χ3v) is 9.44. The highest BCUT2D eigenvalue weighted by Crippen LogP contribution is 2.39. The number of rotatable bonds is 13. The Kier molecular flexibility index (Phi) is 12.8. The summed E-state index contributed by atoms with van der Waals surface area (Å²) < 4.78 is 18.2. The molecule has 0 unspecified atom stereocenters. The summed E-state index contributed by atoms with van der Waals surface area (Å²) >= 11 is 0. The number of nitrogens with zero attached hydrogens (tertiary/aromatic N) is 2. The summed E-state index contributed by atoms with van der Waals surface area (Å²) in [4.78, 5) is 28.9. The van der Waals surface area contributed by atoms with Crippen LogP contribution in [0, 0.1) is 0 Å². The zero-order valence-electron chi connectivity index (χ0n) is 29.2. The van der Waals surface area contributed by atoms with Crippen LogP contribution in [0.2, 0.25) is 0 Å². The minimum Gasteiger partial charge on any atom is -0.465 e. The fraction of sp³-hybridized carbons (Fsp3) is 0.366. The highest BCUT2D eigenvalue weighted by atomic mass is 16.7. The summed E-state index contributed by atoms with van der Waals surface area (Å²) in [5.41, 5.74) is 7.15. The van der Waals surface area contributed by atoms with Crippen LogP contribution in [0.4, 0.5) is 4.79 Å². The lowest BCUT2D eigenvalue weighted by Crippen LogP contribution is -2.49. The zero-order valence-corrected chi connectivity index (χ0v) is 29.2. The second-order valence-electron chi connectivity index (χ2n) is 13.0. The van der Waals surface area contributed by atoms with Crippen LogP contribution in [-0.2, 0) is 38.7 Å². The maximum absolute atomic E-state index is 12.3. The molecule has 3 N–H and O–H groups in total. The molecule has 0 aromatic heterocycles. The fourth-order valence-electron chi connectivity index (χ4n) is 6.67. The number of aliphatic hydroxyl groups excluding tert-OH is 1. The van der Waals surface area contributed by atoms with Gasteiger partial charge in [-0.3, -0.25) is 14.6 Å². The number of urea groups is 1. The molecule has 0 radical (unpaired) electrons.